The summed E-state index contributed by atoms with van der Waals surface area (Å²) in [4.78, 5) is 17.9. The van der Waals surface area contributed by atoms with Gasteiger partial charge in [-0.1, -0.05) is 18.2 Å². The predicted molar refractivity (Wildman–Crippen MR) is 102 cm³/mol. The number of thiophene rings is 1. The van der Waals surface area contributed by atoms with E-state index >= 15 is 0 Å². The number of aromatic nitrogens is 3. The summed E-state index contributed by atoms with van der Waals surface area (Å²) in [5.74, 6) is -0.150. The normalized spacial score (nSPS) is 11.0. The highest BCUT2D eigenvalue weighted by molar-refractivity contribution is 7.18. The Morgan fingerprint density at radius 1 is 1.20 bits per heavy atom. The van der Waals surface area contributed by atoms with Crippen LogP contribution in [0.1, 0.15) is 21.9 Å². The first kappa shape index (κ1) is 16.0. The molecule has 0 radical (unpaired) electrons. The van der Waals surface area contributed by atoms with Crippen LogP contribution >= 0.6 is 22.7 Å². The molecular weight excluding hydrogens is 352 g/mol. The SMILES string of the molecule is O=C(NCCCc1nc2ccccc2s1)c1cc(-c2cccs2)[nH]n1. The van der Waals surface area contributed by atoms with Crippen molar-refractivity contribution >= 4 is 38.8 Å². The van der Waals surface area contributed by atoms with E-state index in [4.69, 9.17) is 0 Å². The Hall–Kier alpha value is -2.51. The largest absolute Gasteiger partial charge is 0.351 e. The summed E-state index contributed by atoms with van der Waals surface area (Å²) < 4.78 is 1.21. The van der Waals surface area contributed by atoms with Gasteiger partial charge in [0.15, 0.2) is 5.69 Å². The molecule has 1 amide bonds. The number of hydrogen-bond donors (Lipinski definition) is 2. The first-order chi connectivity index (χ1) is 12.3. The number of nitrogens with one attached hydrogen (secondary N) is 2. The molecule has 0 unspecified atom stereocenters. The molecular formula is C18H16N4OS2. The van der Waals surface area contributed by atoms with E-state index in [1.165, 1.54) is 4.70 Å². The molecule has 2 N–H and O–H groups in total. The van der Waals surface area contributed by atoms with E-state index in [1.807, 2.05) is 35.7 Å². The van der Waals surface area contributed by atoms with Gasteiger partial charge < -0.3 is 5.32 Å². The van der Waals surface area contributed by atoms with Gasteiger partial charge >= 0.3 is 0 Å². The number of carbonyl (C=O) groups is 1. The van der Waals surface area contributed by atoms with Crippen molar-refractivity contribution in [2.24, 2.45) is 0 Å². The smallest absolute Gasteiger partial charge is 0.271 e. The molecule has 25 heavy (non-hydrogen) atoms. The van der Waals surface area contributed by atoms with Gasteiger partial charge in [0.1, 0.15) is 0 Å². The Kier molecular flexibility index (Phi) is 4.58. The third-order valence-corrected chi connectivity index (χ3v) is 5.79. The van der Waals surface area contributed by atoms with Crippen LogP contribution in [0.4, 0.5) is 0 Å². The summed E-state index contributed by atoms with van der Waals surface area (Å²) in [6, 6.07) is 13.9. The Balaban J connectivity index is 1.29. The van der Waals surface area contributed by atoms with Crippen molar-refractivity contribution in [2.75, 3.05) is 6.54 Å². The second kappa shape index (κ2) is 7.16. The van der Waals surface area contributed by atoms with Gasteiger partial charge in [-0.15, -0.1) is 22.7 Å². The van der Waals surface area contributed by atoms with Gasteiger partial charge in [-0.05, 0) is 36.1 Å². The molecule has 0 aliphatic carbocycles. The first-order valence-corrected chi connectivity index (χ1v) is 9.71. The molecule has 4 aromatic rings. The molecule has 0 spiro atoms. The van der Waals surface area contributed by atoms with Crippen molar-refractivity contribution in [3.8, 4) is 10.6 Å². The summed E-state index contributed by atoms with van der Waals surface area (Å²) in [6.07, 6.45) is 1.72. The number of para-hydroxylation sites is 1. The maximum Gasteiger partial charge on any atom is 0.271 e. The van der Waals surface area contributed by atoms with Gasteiger partial charge in [-0.3, -0.25) is 9.89 Å². The number of aryl methyl sites for hydroxylation is 1. The monoisotopic (exact) mass is 368 g/mol. The molecule has 126 valence electrons. The van der Waals surface area contributed by atoms with E-state index in [2.05, 4.69) is 26.6 Å². The lowest BCUT2D eigenvalue weighted by atomic mass is 10.3. The van der Waals surface area contributed by atoms with Crippen LogP contribution in [-0.2, 0) is 6.42 Å². The van der Waals surface area contributed by atoms with Crippen LogP contribution in [0.15, 0.2) is 47.8 Å². The molecule has 3 heterocycles. The molecule has 0 aliphatic heterocycles. The molecule has 7 heteroatoms. The van der Waals surface area contributed by atoms with Gasteiger partial charge in [-0.2, -0.15) is 5.10 Å². The van der Waals surface area contributed by atoms with Crippen LogP contribution < -0.4 is 5.32 Å². The molecule has 0 atom stereocenters. The van der Waals surface area contributed by atoms with Crippen molar-refractivity contribution in [1.82, 2.24) is 20.5 Å². The number of amides is 1. The number of fused-ring (bicyclic) bond motifs is 1. The fraction of sp³-hybridized carbons (Fsp3) is 0.167. The van der Waals surface area contributed by atoms with E-state index in [1.54, 1.807) is 28.7 Å². The molecule has 4 rings (SSSR count). The first-order valence-electron chi connectivity index (χ1n) is 8.01. The van der Waals surface area contributed by atoms with Crippen molar-refractivity contribution in [3.63, 3.8) is 0 Å². The molecule has 0 aliphatic rings. The van der Waals surface area contributed by atoms with Gasteiger partial charge in [0.2, 0.25) is 0 Å². The van der Waals surface area contributed by atoms with Gasteiger partial charge in [0.05, 0.1) is 25.8 Å². The minimum atomic E-state index is -0.150. The second-order valence-electron chi connectivity index (χ2n) is 5.58. The Bertz CT molecular complexity index is 955. The summed E-state index contributed by atoms with van der Waals surface area (Å²) in [5.41, 5.74) is 2.34. The zero-order valence-corrected chi connectivity index (χ0v) is 15.0. The van der Waals surface area contributed by atoms with Crippen LogP contribution in [0.2, 0.25) is 0 Å². The number of hydrogen-bond acceptors (Lipinski definition) is 5. The Morgan fingerprint density at radius 3 is 2.96 bits per heavy atom. The van der Waals surface area contributed by atoms with E-state index in [0.29, 0.717) is 12.2 Å². The predicted octanol–water partition coefficient (Wildman–Crippen LogP) is 4.11. The number of aromatic amines is 1. The van der Waals surface area contributed by atoms with Gasteiger partial charge in [-0.25, -0.2) is 4.98 Å². The highest BCUT2D eigenvalue weighted by Gasteiger charge is 2.11. The third-order valence-electron chi connectivity index (χ3n) is 3.79. The quantitative estimate of drug-likeness (QED) is 0.503. The number of H-pyrrole nitrogens is 1. The van der Waals surface area contributed by atoms with E-state index in [0.717, 1.165) is 33.9 Å². The molecule has 0 saturated carbocycles. The van der Waals surface area contributed by atoms with Gasteiger partial charge in [0, 0.05) is 13.0 Å². The fourth-order valence-corrected chi connectivity index (χ4v) is 4.26. The average molecular weight is 368 g/mol. The van der Waals surface area contributed by atoms with E-state index < -0.39 is 0 Å². The topological polar surface area (TPSA) is 70.7 Å². The lowest BCUT2D eigenvalue weighted by Crippen LogP contribution is -2.25. The zero-order chi connectivity index (χ0) is 17.1. The van der Waals surface area contributed by atoms with Crippen molar-refractivity contribution in [1.29, 1.82) is 0 Å². The maximum absolute atomic E-state index is 12.2. The summed E-state index contributed by atoms with van der Waals surface area (Å²) in [5, 5.41) is 13.0. The van der Waals surface area contributed by atoms with Gasteiger partial charge in [0.25, 0.3) is 5.91 Å². The molecule has 3 aromatic heterocycles. The second-order valence-corrected chi connectivity index (χ2v) is 7.64. The minimum Gasteiger partial charge on any atom is -0.351 e. The standard InChI is InChI=1S/C18H16N4OS2/c23-18(14-11-13(21-22-14)15-7-4-10-24-15)19-9-3-8-17-20-12-5-1-2-6-16(12)25-17/h1-2,4-7,10-11H,3,8-9H2,(H,19,23)(H,21,22). The highest BCUT2D eigenvalue weighted by Crippen LogP contribution is 2.23. The fourth-order valence-electron chi connectivity index (χ4n) is 2.56. The lowest BCUT2D eigenvalue weighted by molar-refractivity contribution is 0.0948. The number of carbonyl (C=O) groups excluding carboxylic acids is 1. The number of rotatable bonds is 6. The van der Waals surface area contributed by atoms with Crippen LogP contribution in [0.5, 0.6) is 0 Å². The summed E-state index contributed by atoms with van der Waals surface area (Å²) in [6.45, 7) is 0.607. The molecule has 0 bridgehead atoms. The van der Waals surface area contributed by atoms with Crippen molar-refractivity contribution in [3.05, 3.63) is 58.5 Å². The van der Waals surface area contributed by atoms with Crippen LogP contribution in [-0.4, -0.2) is 27.6 Å². The molecule has 1 aromatic carbocycles. The van der Waals surface area contributed by atoms with Crippen molar-refractivity contribution < 1.29 is 4.79 Å². The van der Waals surface area contributed by atoms with E-state index in [9.17, 15) is 4.79 Å². The Morgan fingerprint density at radius 2 is 2.12 bits per heavy atom. The average Bonchev–Trinajstić information content (AvgIpc) is 3.37. The molecule has 0 fully saturated rings. The number of nitrogens with zero attached hydrogens (tertiary/aromatic N) is 2. The summed E-state index contributed by atoms with van der Waals surface area (Å²) in [7, 11) is 0. The lowest BCUT2D eigenvalue weighted by Gasteiger charge is -2.01. The number of benzene rings is 1. The Labute approximate surface area is 152 Å². The van der Waals surface area contributed by atoms with Crippen LogP contribution in [0, 0.1) is 0 Å². The molecule has 5 nitrogen and oxygen atoms in total. The van der Waals surface area contributed by atoms with Crippen LogP contribution in [0.25, 0.3) is 20.8 Å². The van der Waals surface area contributed by atoms with E-state index in [-0.39, 0.29) is 5.91 Å². The highest BCUT2D eigenvalue weighted by atomic mass is 32.1. The number of thiazole rings is 1. The third kappa shape index (κ3) is 3.62. The minimum absolute atomic E-state index is 0.150. The van der Waals surface area contributed by atoms with Crippen LogP contribution in [0.3, 0.4) is 0 Å². The molecule has 0 saturated heterocycles. The summed E-state index contributed by atoms with van der Waals surface area (Å²) >= 11 is 3.33. The van der Waals surface area contributed by atoms with Crippen molar-refractivity contribution in [2.45, 2.75) is 12.8 Å². The zero-order valence-electron chi connectivity index (χ0n) is 13.4. The maximum atomic E-state index is 12.2.